The van der Waals surface area contributed by atoms with E-state index in [1.165, 1.54) is 193 Å². The molecule has 0 aromatic rings. The highest BCUT2D eigenvalue weighted by Crippen LogP contribution is 2.43. The number of carbonyl (C=O) groups excluding carboxylic acids is 3. The molecule has 0 saturated heterocycles. The number of hydrogen-bond donors (Lipinski definition) is 2. The summed E-state index contributed by atoms with van der Waals surface area (Å²) in [7, 11) is -4.75. The molecule has 0 fully saturated rings. The first-order valence-electron chi connectivity index (χ1n) is 33.9. The maximum atomic E-state index is 13.0. The van der Waals surface area contributed by atoms with Gasteiger partial charge in [-0.25, -0.2) is 4.57 Å². The van der Waals surface area contributed by atoms with Crippen LogP contribution in [0.2, 0.25) is 0 Å². The van der Waals surface area contributed by atoms with Crippen LogP contribution in [-0.4, -0.2) is 66.5 Å². The van der Waals surface area contributed by atoms with Crippen LogP contribution in [0.25, 0.3) is 0 Å². The molecule has 0 bridgehead atoms. The minimum Gasteiger partial charge on any atom is -0.462 e. The summed E-state index contributed by atoms with van der Waals surface area (Å²) in [5, 5.41) is 9.86. The number of carbonyl (C=O) groups is 3. The number of phosphoric acid groups is 1. The van der Waals surface area contributed by atoms with Crippen LogP contribution in [0.4, 0.5) is 0 Å². The third-order valence-corrected chi connectivity index (χ3v) is 16.0. The van der Waals surface area contributed by atoms with E-state index in [0.29, 0.717) is 19.3 Å². The molecule has 0 aliphatic carbocycles. The zero-order valence-corrected chi connectivity index (χ0v) is 53.2. The molecule has 11 nitrogen and oxygen atoms in total. The van der Waals surface area contributed by atoms with Gasteiger partial charge in [-0.3, -0.25) is 23.4 Å². The lowest BCUT2D eigenvalue weighted by Gasteiger charge is -2.21. The van der Waals surface area contributed by atoms with E-state index in [-0.39, 0.29) is 25.9 Å². The van der Waals surface area contributed by atoms with E-state index in [2.05, 4.69) is 57.2 Å². The number of unbranched alkanes of at least 4 members (excludes halogenated alkanes) is 41. The Bertz CT molecular complexity index is 1480. The second-order valence-corrected chi connectivity index (χ2v) is 24.5. The van der Waals surface area contributed by atoms with Gasteiger partial charge in [0.05, 0.1) is 19.8 Å². The smallest absolute Gasteiger partial charge is 0.462 e. The van der Waals surface area contributed by atoms with E-state index >= 15 is 0 Å². The van der Waals surface area contributed by atoms with Crippen LogP contribution in [0.15, 0.2) is 36.5 Å². The Hall–Kier alpha value is -2.30. The van der Waals surface area contributed by atoms with Crippen molar-refractivity contribution >= 4 is 25.7 Å². The lowest BCUT2D eigenvalue weighted by atomic mass is 10.0. The fourth-order valence-electron chi connectivity index (χ4n) is 9.90. The average molecular weight is 1150 g/mol. The molecule has 2 N–H and O–H groups in total. The minimum atomic E-state index is -4.75. The quantitative estimate of drug-likeness (QED) is 0.0197. The summed E-state index contributed by atoms with van der Waals surface area (Å²) >= 11 is 0. The summed E-state index contributed by atoms with van der Waals surface area (Å²) in [5.41, 5.74) is 0. The van der Waals surface area contributed by atoms with Gasteiger partial charge in [0.15, 0.2) is 6.10 Å². The molecule has 12 heteroatoms. The normalized spacial score (nSPS) is 13.4. The molecule has 0 aliphatic heterocycles. The van der Waals surface area contributed by atoms with Gasteiger partial charge in [-0.1, -0.05) is 301 Å². The second-order valence-electron chi connectivity index (χ2n) is 23.0. The number of ether oxygens (including phenoxy) is 3. The SMILES string of the molecule is CCCCC/C=C\C/C=C\C/C=C\CCCCCCCCC(=O)OCC(COP(=O)(O)OCC(CO)OC(=O)CCCCCCCCCCCCCCCCC)OC(=O)CCCCCCCCCCCCCCCCCCCCC. The molecule has 3 unspecified atom stereocenters. The van der Waals surface area contributed by atoms with Gasteiger partial charge in [0, 0.05) is 19.3 Å². The fourth-order valence-corrected chi connectivity index (χ4v) is 10.7. The summed E-state index contributed by atoms with van der Waals surface area (Å²) in [6.45, 7) is 4.69. The van der Waals surface area contributed by atoms with E-state index in [1.54, 1.807) is 0 Å². The Morgan fingerprint density at radius 2 is 0.613 bits per heavy atom. The number of aliphatic hydroxyl groups excluding tert-OH is 1. The van der Waals surface area contributed by atoms with E-state index in [1.807, 2.05) is 0 Å². The van der Waals surface area contributed by atoms with Crippen molar-refractivity contribution in [3.63, 3.8) is 0 Å². The Balaban J connectivity index is 4.67. The number of hydrogen-bond acceptors (Lipinski definition) is 10. The highest BCUT2D eigenvalue weighted by atomic mass is 31.2. The molecule has 0 heterocycles. The van der Waals surface area contributed by atoms with Crippen molar-refractivity contribution in [3.05, 3.63) is 36.5 Å². The molecule has 470 valence electrons. The Kier molecular flexibility index (Phi) is 60.9. The molecule has 0 rings (SSSR count). The minimum absolute atomic E-state index is 0.171. The van der Waals surface area contributed by atoms with E-state index in [4.69, 9.17) is 23.3 Å². The van der Waals surface area contributed by atoms with Gasteiger partial charge in [-0.05, 0) is 57.8 Å². The van der Waals surface area contributed by atoms with Crippen LogP contribution >= 0.6 is 7.82 Å². The summed E-state index contributed by atoms with van der Waals surface area (Å²) in [6.07, 6.45) is 68.0. The first-order chi connectivity index (χ1) is 39.2. The molecule has 0 spiro atoms. The number of rotatable bonds is 64. The van der Waals surface area contributed by atoms with Gasteiger partial charge in [0.1, 0.15) is 12.7 Å². The molecule has 0 aromatic carbocycles. The van der Waals surface area contributed by atoms with Crippen molar-refractivity contribution in [3.8, 4) is 0 Å². The van der Waals surface area contributed by atoms with Crippen molar-refractivity contribution in [2.75, 3.05) is 26.4 Å². The van der Waals surface area contributed by atoms with Gasteiger partial charge >= 0.3 is 25.7 Å². The number of esters is 3. The lowest BCUT2D eigenvalue weighted by molar-refractivity contribution is -0.161. The highest BCUT2D eigenvalue weighted by molar-refractivity contribution is 7.47. The number of allylic oxidation sites excluding steroid dienone is 6. The maximum absolute atomic E-state index is 13.0. The summed E-state index contributed by atoms with van der Waals surface area (Å²) in [4.78, 5) is 48.8. The summed E-state index contributed by atoms with van der Waals surface area (Å²) in [6, 6.07) is 0. The molecule has 0 radical (unpaired) electrons. The number of aliphatic hydroxyl groups is 1. The summed E-state index contributed by atoms with van der Waals surface area (Å²) < 4.78 is 39.8. The lowest BCUT2D eigenvalue weighted by Crippen LogP contribution is -2.30. The van der Waals surface area contributed by atoms with Crippen molar-refractivity contribution < 1.29 is 52.2 Å². The molecule has 0 aliphatic rings. The maximum Gasteiger partial charge on any atom is 0.472 e. The summed E-state index contributed by atoms with van der Waals surface area (Å²) in [5.74, 6) is -1.45. The van der Waals surface area contributed by atoms with E-state index in [9.17, 15) is 28.9 Å². The molecule has 0 aromatic heterocycles. The zero-order valence-electron chi connectivity index (χ0n) is 52.3. The van der Waals surface area contributed by atoms with Crippen molar-refractivity contribution in [2.24, 2.45) is 0 Å². The fraction of sp³-hybridized carbons (Fsp3) is 0.868. The molecule has 0 amide bonds. The second kappa shape index (κ2) is 62.7. The Morgan fingerprint density at radius 3 is 0.963 bits per heavy atom. The van der Waals surface area contributed by atoms with Crippen molar-refractivity contribution in [2.45, 2.75) is 354 Å². The number of phosphoric ester groups is 1. The molecule has 80 heavy (non-hydrogen) atoms. The highest BCUT2D eigenvalue weighted by Gasteiger charge is 2.28. The van der Waals surface area contributed by atoms with Crippen LogP contribution in [0.1, 0.15) is 342 Å². The van der Waals surface area contributed by atoms with Crippen molar-refractivity contribution in [1.29, 1.82) is 0 Å². The van der Waals surface area contributed by atoms with Gasteiger partial charge < -0.3 is 24.2 Å². The van der Waals surface area contributed by atoms with E-state index < -0.39 is 57.8 Å². The van der Waals surface area contributed by atoms with Crippen LogP contribution < -0.4 is 0 Å². The zero-order chi connectivity index (χ0) is 58.3. The third kappa shape index (κ3) is 60.3. The standard InChI is InChI=1S/C68H127O11P/c1-4-7-10-13-16-19-22-25-28-30-32-34-37-39-42-45-48-51-54-57-66(70)75-61-65(79-68(72)59-56-53-50-47-44-41-38-35-33-31-29-26-23-20-17-14-11-8-5-2)63-77-80(73,74)76-62-64(60-69)78-67(71)58-55-52-49-46-43-40-36-27-24-21-18-15-12-9-6-3/h16,19,25,28,32,34,64-65,69H,4-15,17-18,20-24,26-27,29-31,33,35-63H2,1-3H3,(H,73,74)/b19-16-,28-25-,34-32-. The Labute approximate surface area is 492 Å². The third-order valence-electron chi connectivity index (χ3n) is 15.1. The van der Waals surface area contributed by atoms with Crippen LogP contribution in [0, 0.1) is 0 Å². The van der Waals surface area contributed by atoms with Gasteiger partial charge in [0.25, 0.3) is 0 Å². The molecule has 3 atom stereocenters. The monoisotopic (exact) mass is 1150 g/mol. The van der Waals surface area contributed by atoms with Crippen molar-refractivity contribution in [1.82, 2.24) is 0 Å². The van der Waals surface area contributed by atoms with Gasteiger partial charge in [-0.2, -0.15) is 0 Å². The first-order valence-corrected chi connectivity index (χ1v) is 35.4. The Morgan fingerprint density at radius 1 is 0.350 bits per heavy atom. The molecular formula is C68H127O11P. The van der Waals surface area contributed by atoms with Crippen LogP contribution in [0.5, 0.6) is 0 Å². The molecule has 0 saturated carbocycles. The van der Waals surface area contributed by atoms with Crippen LogP contribution in [0.3, 0.4) is 0 Å². The topological polar surface area (TPSA) is 155 Å². The van der Waals surface area contributed by atoms with Gasteiger partial charge in [-0.15, -0.1) is 0 Å². The first kappa shape index (κ1) is 77.7. The molecular weight excluding hydrogens is 1020 g/mol. The van der Waals surface area contributed by atoms with Crippen LogP contribution in [-0.2, 0) is 42.2 Å². The predicted molar refractivity (Wildman–Crippen MR) is 335 cm³/mol. The predicted octanol–water partition coefficient (Wildman–Crippen LogP) is 20.7. The largest absolute Gasteiger partial charge is 0.472 e. The van der Waals surface area contributed by atoms with Gasteiger partial charge in [0.2, 0.25) is 0 Å². The van der Waals surface area contributed by atoms with E-state index in [0.717, 1.165) is 89.9 Å². The average Bonchev–Trinajstić information content (AvgIpc) is 3.45.